The fourth-order valence-electron chi connectivity index (χ4n) is 3.80. The first-order chi connectivity index (χ1) is 15.6. The van der Waals surface area contributed by atoms with E-state index < -0.39 is 0 Å². The molecule has 2 heterocycles. The van der Waals surface area contributed by atoms with Crippen molar-refractivity contribution in [3.63, 3.8) is 0 Å². The Morgan fingerprint density at radius 1 is 0.906 bits per heavy atom. The van der Waals surface area contributed by atoms with Crippen LogP contribution in [-0.4, -0.2) is 49.9 Å². The number of aromatic nitrogens is 2. The summed E-state index contributed by atoms with van der Waals surface area (Å²) in [5.41, 5.74) is 4.14. The van der Waals surface area contributed by atoms with E-state index in [1.807, 2.05) is 36.5 Å². The molecule has 1 aromatic heterocycles. The number of nitrogens with one attached hydrogen (secondary N) is 1. The molecule has 1 aliphatic heterocycles. The first kappa shape index (κ1) is 21.7. The van der Waals surface area contributed by atoms with Gasteiger partial charge in [-0.3, -0.25) is 4.90 Å². The molecule has 0 aliphatic carbocycles. The summed E-state index contributed by atoms with van der Waals surface area (Å²) < 4.78 is 21.5. The smallest absolute Gasteiger partial charge is 0.227 e. The van der Waals surface area contributed by atoms with Gasteiger partial charge in [0.1, 0.15) is 23.0 Å². The summed E-state index contributed by atoms with van der Waals surface area (Å²) >= 11 is 0. The molecule has 3 aromatic rings. The Balaban J connectivity index is 1.46. The standard InChI is InChI=1S/C24H28N4O4/c1-29-19-6-5-16(23(12-19)32-4)14-28-8-7-22-17(15-28)13-25-24(27-22)26-18-9-20(30-2)11-21(10-18)31-3/h5-6,9-13H,7-8,14-15H2,1-4H3,(H,25,26,27). The van der Waals surface area contributed by atoms with Gasteiger partial charge in [0, 0.05) is 73.3 Å². The fraction of sp³-hybridized carbons (Fsp3) is 0.333. The van der Waals surface area contributed by atoms with Crippen molar-refractivity contribution in [1.82, 2.24) is 14.9 Å². The SMILES string of the molecule is COc1cc(Nc2ncc3c(n2)CCN(Cc2ccc(OC)cc2OC)C3)cc(OC)c1. The van der Waals surface area contributed by atoms with Crippen molar-refractivity contribution in [2.75, 3.05) is 40.3 Å². The maximum absolute atomic E-state index is 5.55. The van der Waals surface area contributed by atoms with E-state index in [1.165, 1.54) is 0 Å². The molecule has 0 unspecified atom stereocenters. The molecule has 0 fully saturated rings. The van der Waals surface area contributed by atoms with E-state index in [0.717, 1.165) is 60.1 Å². The van der Waals surface area contributed by atoms with Crippen LogP contribution in [0.1, 0.15) is 16.8 Å². The molecule has 0 bridgehead atoms. The van der Waals surface area contributed by atoms with Gasteiger partial charge < -0.3 is 24.3 Å². The Kier molecular flexibility index (Phi) is 6.61. The van der Waals surface area contributed by atoms with Crippen LogP contribution < -0.4 is 24.3 Å². The van der Waals surface area contributed by atoms with E-state index in [9.17, 15) is 0 Å². The number of rotatable bonds is 8. The van der Waals surface area contributed by atoms with E-state index >= 15 is 0 Å². The summed E-state index contributed by atoms with van der Waals surface area (Å²) in [6.45, 7) is 2.49. The first-order valence-electron chi connectivity index (χ1n) is 10.4. The maximum atomic E-state index is 5.55. The number of anilines is 2. The first-order valence-corrected chi connectivity index (χ1v) is 10.4. The van der Waals surface area contributed by atoms with Crippen molar-refractivity contribution in [3.8, 4) is 23.0 Å². The molecule has 4 rings (SSSR count). The monoisotopic (exact) mass is 436 g/mol. The second-order valence-corrected chi connectivity index (χ2v) is 7.53. The predicted octanol–water partition coefficient (Wildman–Crippen LogP) is 3.81. The van der Waals surface area contributed by atoms with Gasteiger partial charge in [0.05, 0.1) is 34.1 Å². The third kappa shape index (κ3) is 4.86. The van der Waals surface area contributed by atoms with Crippen LogP contribution in [0.25, 0.3) is 0 Å². The van der Waals surface area contributed by atoms with Crippen molar-refractivity contribution in [3.05, 3.63) is 59.4 Å². The Morgan fingerprint density at radius 2 is 1.66 bits per heavy atom. The molecule has 0 saturated heterocycles. The lowest BCUT2D eigenvalue weighted by Crippen LogP contribution is -2.31. The zero-order chi connectivity index (χ0) is 22.5. The van der Waals surface area contributed by atoms with Gasteiger partial charge in [-0.1, -0.05) is 6.07 Å². The molecular weight excluding hydrogens is 408 g/mol. The number of hydrogen-bond acceptors (Lipinski definition) is 8. The van der Waals surface area contributed by atoms with Gasteiger partial charge in [-0.05, 0) is 6.07 Å². The van der Waals surface area contributed by atoms with Crippen LogP contribution in [0.3, 0.4) is 0 Å². The van der Waals surface area contributed by atoms with Crippen molar-refractivity contribution in [2.24, 2.45) is 0 Å². The fourth-order valence-corrected chi connectivity index (χ4v) is 3.80. The largest absolute Gasteiger partial charge is 0.497 e. The van der Waals surface area contributed by atoms with E-state index in [-0.39, 0.29) is 0 Å². The van der Waals surface area contributed by atoms with Crippen LogP contribution in [0.15, 0.2) is 42.6 Å². The lowest BCUT2D eigenvalue weighted by atomic mass is 10.1. The molecule has 2 aromatic carbocycles. The quantitative estimate of drug-likeness (QED) is 0.571. The highest BCUT2D eigenvalue weighted by molar-refractivity contribution is 5.59. The second kappa shape index (κ2) is 9.74. The Bertz CT molecular complexity index is 1070. The van der Waals surface area contributed by atoms with Gasteiger partial charge >= 0.3 is 0 Å². The number of ether oxygens (including phenoxy) is 4. The van der Waals surface area contributed by atoms with Crippen molar-refractivity contribution >= 4 is 11.6 Å². The topological polar surface area (TPSA) is 78.0 Å². The zero-order valence-corrected chi connectivity index (χ0v) is 18.8. The summed E-state index contributed by atoms with van der Waals surface area (Å²) in [4.78, 5) is 11.6. The number of methoxy groups -OCH3 is 4. The average Bonchev–Trinajstić information content (AvgIpc) is 2.84. The minimum absolute atomic E-state index is 0.560. The van der Waals surface area contributed by atoms with Crippen LogP contribution in [0.2, 0.25) is 0 Å². The molecule has 8 heteroatoms. The zero-order valence-electron chi connectivity index (χ0n) is 18.8. The summed E-state index contributed by atoms with van der Waals surface area (Å²) in [5, 5.41) is 3.26. The van der Waals surface area contributed by atoms with Crippen LogP contribution in [0, 0.1) is 0 Å². The molecule has 1 aliphatic rings. The molecular formula is C24H28N4O4. The number of benzene rings is 2. The minimum atomic E-state index is 0.560. The summed E-state index contributed by atoms with van der Waals surface area (Å²) in [5.74, 6) is 3.59. The van der Waals surface area contributed by atoms with Gasteiger partial charge in [-0.25, -0.2) is 9.97 Å². The lowest BCUT2D eigenvalue weighted by molar-refractivity contribution is 0.239. The van der Waals surface area contributed by atoms with E-state index in [4.69, 9.17) is 23.9 Å². The van der Waals surface area contributed by atoms with Crippen LogP contribution in [0.5, 0.6) is 23.0 Å². The number of nitrogens with zero attached hydrogens (tertiary/aromatic N) is 3. The summed E-state index contributed by atoms with van der Waals surface area (Å²) in [7, 11) is 6.59. The van der Waals surface area contributed by atoms with Crippen molar-refractivity contribution in [2.45, 2.75) is 19.5 Å². The normalized spacial score (nSPS) is 13.2. The number of fused-ring (bicyclic) bond motifs is 1. The Hall–Kier alpha value is -3.52. The summed E-state index contributed by atoms with van der Waals surface area (Å²) in [6, 6.07) is 11.5. The average molecular weight is 437 g/mol. The molecule has 0 saturated carbocycles. The lowest BCUT2D eigenvalue weighted by Gasteiger charge is -2.28. The molecule has 0 atom stereocenters. The Labute approximate surface area is 188 Å². The van der Waals surface area contributed by atoms with Crippen molar-refractivity contribution < 1.29 is 18.9 Å². The highest BCUT2D eigenvalue weighted by atomic mass is 16.5. The second-order valence-electron chi connectivity index (χ2n) is 7.53. The van der Waals surface area contributed by atoms with E-state index in [2.05, 4.69) is 21.3 Å². The van der Waals surface area contributed by atoms with Gasteiger partial charge in [0.15, 0.2) is 0 Å². The molecule has 32 heavy (non-hydrogen) atoms. The van der Waals surface area contributed by atoms with Gasteiger partial charge in [0.25, 0.3) is 0 Å². The summed E-state index contributed by atoms with van der Waals surface area (Å²) in [6.07, 6.45) is 2.76. The van der Waals surface area contributed by atoms with Gasteiger partial charge in [-0.2, -0.15) is 0 Å². The predicted molar refractivity (Wildman–Crippen MR) is 122 cm³/mol. The molecule has 1 N–H and O–H groups in total. The molecule has 0 radical (unpaired) electrons. The molecule has 0 spiro atoms. The third-order valence-corrected chi connectivity index (χ3v) is 5.51. The van der Waals surface area contributed by atoms with Crippen molar-refractivity contribution in [1.29, 1.82) is 0 Å². The van der Waals surface area contributed by atoms with Gasteiger partial charge in [-0.15, -0.1) is 0 Å². The highest BCUT2D eigenvalue weighted by Crippen LogP contribution is 2.29. The van der Waals surface area contributed by atoms with Gasteiger partial charge in [0.2, 0.25) is 5.95 Å². The van der Waals surface area contributed by atoms with Crippen LogP contribution in [-0.2, 0) is 19.5 Å². The third-order valence-electron chi connectivity index (χ3n) is 5.51. The molecule has 8 nitrogen and oxygen atoms in total. The number of hydrogen-bond donors (Lipinski definition) is 1. The molecule has 168 valence electrons. The molecule has 0 amide bonds. The van der Waals surface area contributed by atoms with Crippen LogP contribution >= 0.6 is 0 Å². The maximum Gasteiger partial charge on any atom is 0.227 e. The van der Waals surface area contributed by atoms with Crippen LogP contribution in [0.4, 0.5) is 11.6 Å². The Morgan fingerprint density at radius 3 is 2.34 bits per heavy atom. The van der Waals surface area contributed by atoms with E-state index in [0.29, 0.717) is 17.4 Å². The van der Waals surface area contributed by atoms with E-state index in [1.54, 1.807) is 28.4 Å². The highest BCUT2D eigenvalue weighted by Gasteiger charge is 2.20. The minimum Gasteiger partial charge on any atom is -0.497 e.